The summed E-state index contributed by atoms with van der Waals surface area (Å²) in [6.45, 7) is 0. The Morgan fingerprint density at radius 2 is 1.95 bits per heavy atom. The maximum atomic E-state index is 14.2. The van der Waals surface area contributed by atoms with Gasteiger partial charge in [0.15, 0.2) is 5.65 Å². The van der Waals surface area contributed by atoms with Gasteiger partial charge in [-0.3, -0.25) is 4.57 Å². The molecule has 108 valence electrons. The van der Waals surface area contributed by atoms with Gasteiger partial charge in [-0.2, -0.15) is 0 Å². The van der Waals surface area contributed by atoms with Crippen molar-refractivity contribution in [1.29, 1.82) is 0 Å². The molecule has 21 heavy (non-hydrogen) atoms. The van der Waals surface area contributed by atoms with Crippen molar-refractivity contribution in [3.63, 3.8) is 0 Å². The summed E-state index contributed by atoms with van der Waals surface area (Å²) in [7, 11) is 0. The minimum Gasteiger partial charge on any atom is -0.278 e. The van der Waals surface area contributed by atoms with Crippen molar-refractivity contribution in [2.45, 2.75) is 6.42 Å². The van der Waals surface area contributed by atoms with Gasteiger partial charge in [0, 0.05) is 23.5 Å². The molecule has 0 saturated carbocycles. The zero-order valence-electron chi connectivity index (χ0n) is 10.7. The number of fused-ring (bicyclic) bond motifs is 1. The normalized spacial score (nSPS) is 11.2. The molecule has 7 heteroatoms. The van der Waals surface area contributed by atoms with Crippen LogP contribution in [0.25, 0.3) is 16.9 Å². The molecule has 0 saturated heterocycles. The van der Waals surface area contributed by atoms with Crippen molar-refractivity contribution in [2.24, 2.45) is 0 Å². The number of nitrogens with zero attached hydrogens (tertiary/aromatic N) is 3. The molecule has 0 aliphatic heterocycles. The smallest absolute Gasteiger partial charge is 0.164 e. The second kappa shape index (κ2) is 5.79. The zero-order chi connectivity index (χ0) is 15.0. The number of alkyl halides is 1. The first kappa shape index (κ1) is 14.6. The fourth-order valence-corrected chi connectivity index (χ4v) is 2.64. The van der Waals surface area contributed by atoms with Crippen LogP contribution in [0.3, 0.4) is 0 Å². The van der Waals surface area contributed by atoms with E-state index in [4.69, 9.17) is 34.8 Å². The van der Waals surface area contributed by atoms with Crippen LogP contribution in [0.2, 0.25) is 10.0 Å². The highest BCUT2D eigenvalue weighted by Gasteiger charge is 2.16. The zero-order valence-corrected chi connectivity index (χ0v) is 12.9. The van der Waals surface area contributed by atoms with Crippen LogP contribution in [0.15, 0.2) is 30.5 Å². The lowest BCUT2D eigenvalue weighted by Crippen LogP contribution is -2.05. The Morgan fingerprint density at radius 3 is 2.71 bits per heavy atom. The van der Waals surface area contributed by atoms with Crippen molar-refractivity contribution in [2.75, 3.05) is 5.88 Å². The van der Waals surface area contributed by atoms with Crippen LogP contribution < -0.4 is 0 Å². The lowest BCUT2D eigenvalue weighted by atomic mass is 10.3. The Hall–Kier alpha value is -1.36. The molecule has 0 radical (unpaired) electrons. The maximum Gasteiger partial charge on any atom is 0.164 e. The molecule has 0 bridgehead atoms. The quantitative estimate of drug-likeness (QED) is 0.648. The highest BCUT2D eigenvalue weighted by Crippen LogP contribution is 2.26. The van der Waals surface area contributed by atoms with Crippen molar-refractivity contribution in [3.05, 3.63) is 52.1 Å². The molecule has 0 aliphatic rings. The van der Waals surface area contributed by atoms with Gasteiger partial charge < -0.3 is 0 Å². The summed E-state index contributed by atoms with van der Waals surface area (Å²) in [6, 6.07) is 6.02. The summed E-state index contributed by atoms with van der Waals surface area (Å²) in [4.78, 5) is 8.68. The summed E-state index contributed by atoms with van der Waals surface area (Å²) >= 11 is 17.7. The average molecular weight is 345 g/mol. The number of hydrogen-bond donors (Lipinski definition) is 0. The number of aryl methyl sites for hydroxylation is 1. The van der Waals surface area contributed by atoms with Gasteiger partial charge in [0.2, 0.25) is 0 Å². The number of halogens is 4. The Morgan fingerprint density at radius 1 is 1.14 bits per heavy atom. The Labute approximate surface area is 135 Å². The van der Waals surface area contributed by atoms with Crippen LogP contribution in [-0.2, 0) is 6.42 Å². The number of pyridine rings is 1. The maximum absolute atomic E-state index is 14.2. The molecular weight excluding hydrogens is 336 g/mol. The molecule has 0 unspecified atom stereocenters. The van der Waals surface area contributed by atoms with Crippen molar-refractivity contribution < 1.29 is 4.39 Å². The van der Waals surface area contributed by atoms with E-state index in [0.717, 1.165) is 0 Å². The molecule has 1 aromatic carbocycles. The third kappa shape index (κ3) is 2.71. The number of rotatable bonds is 3. The second-order valence-electron chi connectivity index (χ2n) is 4.39. The highest BCUT2D eigenvalue weighted by molar-refractivity contribution is 6.31. The molecule has 0 spiro atoms. The number of benzene rings is 1. The van der Waals surface area contributed by atoms with Crippen molar-refractivity contribution >= 4 is 46.0 Å². The first-order chi connectivity index (χ1) is 10.1. The Balaban J connectivity index is 2.33. The SMILES string of the molecule is Fc1ccc(Cl)cc1-n1c(CCCl)nc2cc(Cl)cnc21. The van der Waals surface area contributed by atoms with E-state index in [1.54, 1.807) is 10.6 Å². The van der Waals surface area contributed by atoms with Gasteiger partial charge in [-0.15, -0.1) is 11.6 Å². The summed E-state index contributed by atoms with van der Waals surface area (Å²) in [5, 5.41) is 0.898. The molecule has 3 nitrogen and oxygen atoms in total. The van der Waals surface area contributed by atoms with E-state index in [0.29, 0.717) is 45.0 Å². The standard InChI is InChI=1S/C14H9Cl3FN3/c15-4-3-13-20-11-5-9(17)7-19-14(11)21(13)12-6-8(16)1-2-10(12)18/h1-2,5-7H,3-4H2. The van der Waals surface area contributed by atoms with Gasteiger partial charge in [0.05, 0.1) is 10.7 Å². The summed E-state index contributed by atoms with van der Waals surface area (Å²) in [6.07, 6.45) is 1.97. The molecule has 0 amide bonds. The Bertz CT molecular complexity index is 817. The van der Waals surface area contributed by atoms with Crippen LogP contribution in [0.4, 0.5) is 4.39 Å². The lowest BCUT2D eigenvalue weighted by molar-refractivity contribution is 0.616. The molecule has 0 N–H and O–H groups in total. The Kier molecular flexibility index (Phi) is 4.02. The van der Waals surface area contributed by atoms with E-state index in [1.165, 1.54) is 24.4 Å². The summed E-state index contributed by atoms with van der Waals surface area (Å²) in [5.74, 6) is 0.557. The third-order valence-corrected chi connectivity index (χ3v) is 3.63. The van der Waals surface area contributed by atoms with E-state index in [-0.39, 0.29) is 0 Å². The third-order valence-electron chi connectivity index (χ3n) is 3.00. The van der Waals surface area contributed by atoms with Gasteiger partial charge >= 0.3 is 0 Å². The topological polar surface area (TPSA) is 30.7 Å². The van der Waals surface area contributed by atoms with Gasteiger partial charge in [-0.1, -0.05) is 23.2 Å². The first-order valence-corrected chi connectivity index (χ1v) is 7.43. The molecule has 0 atom stereocenters. The van der Waals surface area contributed by atoms with Gasteiger partial charge in [0.1, 0.15) is 17.2 Å². The predicted molar refractivity (Wildman–Crippen MR) is 83.3 cm³/mol. The van der Waals surface area contributed by atoms with E-state index in [2.05, 4.69) is 9.97 Å². The molecule has 2 aromatic heterocycles. The molecule has 3 aromatic rings. The molecule has 0 aliphatic carbocycles. The molecule has 2 heterocycles. The monoisotopic (exact) mass is 343 g/mol. The second-order valence-corrected chi connectivity index (χ2v) is 5.65. The van der Waals surface area contributed by atoms with Crippen LogP contribution in [0.1, 0.15) is 5.82 Å². The van der Waals surface area contributed by atoms with Crippen molar-refractivity contribution in [3.8, 4) is 5.69 Å². The number of aromatic nitrogens is 3. The molecule has 0 fully saturated rings. The minimum atomic E-state index is -0.411. The fourth-order valence-electron chi connectivity index (χ4n) is 2.15. The van der Waals surface area contributed by atoms with Crippen molar-refractivity contribution in [1.82, 2.24) is 14.5 Å². The lowest BCUT2D eigenvalue weighted by Gasteiger charge is -2.09. The minimum absolute atomic E-state index is 0.292. The number of hydrogen-bond acceptors (Lipinski definition) is 2. The largest absolute Gasteiger partial charge is 0.278 e. The fraction of sp³-hybridized carbons (Fsp3) is 0.143. The highest BCUT2D eigenvalue weighted by atomic mass is 35.5. The summed E-state index contributed by atoms with van der Waals surface area (Å²) < 4.78 is 15.8. The predicted octanol–water partition coefficient (Wildman–Crippen LogP) is 4.65. The molecular formula is C14H9Cl3FN3. The molecule has 3 rings (SSSR count). The van der Waals surface area contributed by atoms with Crippen LogP contribution in [0, 0.1) is 5.82 Å². The summed E-state index contributed by atoms with van der Waals surface area (Å²) in [5.41, 5.74) is 1.39. The van der Waals surface area contributed by atoms with E-state index >= 15 is 0 Å². The van der Waals surface area contributed by atoms with E-state index in [9.17, 15) is 4.39 Å². The van der Waals surface area contributed by atoms with E-state index < -0.39 is 5.82 Å². The van der Waals surface area contributed by atoms with Gasteiger partial charge in [-0.25, -0.2) is 14.4 Å². The first-order valence-electron chi connectivity index (χ1n) is 6.14. The van der Waals surface area contributed by atoms with Crippen LogP contribution in [-0.4, -0.2) is 20.4 Å². The van der Waals surface area contributed by atoms with Crippen LogP contribution in [0.5, 0.6) is 0 Å². The van der Waals surface area contributed by atoms with Crippen LogP contribution >= 0.6 is 34.8 Å². The van der Waals surface area contributed by atoms with Gasteiger partial charge in [-0.05, 0) is 24.3 Å². The number of imidazole rings is 1. The van der Waals surface area contributed by atoms with Gasteiger partial charge in [0.25, 0.3) is 0 Å². The van der Waals surface area contributed by atoms with E-state index in [1.807, 2.05) is 0 Å². The average Bonchev–Trinajstić information content (AvgIpc) is 2.79.